The first-order valence-electron chi connectivity index (χ1n) is 6.89. The Bertz CT molecular complexity index is 465. The number of hydrogen-bond acceptors (Lipinski definition) is 0. The molecule has 1 aliphatic carbocycles. The van der Waals surface area contributed by atoms with E-state index in [0.717, 1.165) is 6.42 Å². The smallest absolute Gasteiger partial charge is 0.0349 e. The quantitative estimate of drug-likeness (QED) is 0.635. The summed E-state index contributed by atoms with van der Waals surface area (Å²) in [5.74, 6) is 0. The van der Waals surface area contributed by atoms with Crippen LogP contribution in [0.3, 0.4) is 0 Å². The van der Waals surface area contributed by atoms with Crippen molar-refractivity contribution >= 4 is 0 Å². The molecule has 2 rings (SSSR count). The molecule has 0 N–H and O–H groups in total. The molecule has 1 atom stereocenters. The number of rotatable bonds is 5. The molecule has 1 unspecified atom stereocenters. The Kier molecular flexibility index (Phi) is 4.19. The Balaban J connectivity index is 2.39. The predicted molar refractivity (Wildman–Crippen MR) is 79.8 cm³/mol. The topological polar surface area (TPSA) is 0 Å². The highest BCUT2D eigenvalue weighted by Gasteiger charge is 2.27. The van der Waals surface area contributed by atoms with Gasteiger partial charge in [0.2, 0.25) is 0 Å². The van der Waals surface area contributed by atoms with Gasteiger partial charge in [-0.05, 0) is 30.4 Å². The Labute approximate surface area is 111 Å². The fourth-order valence-corrected chi connectivity index (χ4v) is 2.66. The predicted octanol–water partition coefficient (Wildman–Crippen LogP) is 4.97. The molecule has 0 aromatic heterocycles. The molecular formula is C18H22. The second kappa shape index (κ2) is 5.86. The van der Waals surface area contributed by atoms with E-state index in [1.807, 2.05) is 0 Å². The number of allylic oxidation sites excluding steroid dienone is 5. The fraction of sp³-hybridized carbons (Fsp3) is 0.333. The molecule has 0 heteroatoms. The highest BCUT2D eigenvalue weighted by Crippen LogP contribution is 2.36. The maximum atomic E-state index is 4.07. The summed E-state index contributed by atoms with van der Waals surface area (Å²) in [6, 6.07) is 8.81. The minimum Gasteiger partial charge on any atom is -0.102 e. The van der Waals surface area contributed by atoms with Gasteiger partial charge in [0.05, 0.1) is 0 Å². The van der Waals surface area contributed by atoms with Crippen LogP contribution < -0.4 is 0 Å². The largest absolute Gasteiger partial charge is 0.102 e. The molecule has 0 saturated heterocycles. The summed E-state index contributed by atoms with van der Waals surface area (Å²) < 4.78 is 0. The third-order valence-electron chi connectivity index (χ3n) is 3.78. The molecule has 1 aliphatic rings. The maximum Gasteiger partial charge on any atom is 0.0349 e. The summed E-state index contributed by atoms with van der Waals surface area (Å²) >= 11 is 0. The molecule has 0 saturated carbocycles. The van der Waals surface area contributed by atoms with Gasteiger partial charge in [0, 0.05) is 5.41 Å². The minimum absolute atomic E-state index is 0.000908. The molecule has 0 fully saturated rings. The molecule has 1 aromatic carbocycles. The van der Waals surface area contributed by atoms with Gasteiger partial charge in [0.1, 0.15) is 0 Å². The van der Waals surface area contributed by atoms with Crippen molar-refractivity contribution in [1.82, 2.24) is 0 Å². The van der Waals surface area contributed by atoms with Gasteiger partial charge in [0.25, 0.3) is 0 Å². The van der Waals surface area contributed by atoms with Crippen LogP contribution in [0.15, 0.2) is 61.2 Å². The van der Waals surface area contributed by atoms with E-state index in [9.17, 15) is 0 Å². The van der Waals surface area contributed by atoms with Crippen LogP contribution in [-0.4, -0.2) is 0 Å². The van der Waals surface area contributed by atoms with E-state index in [1.165, 1.54) is 30.4 Å². The van der Waals surface area contributed by atoms with Crippen LogP contribution in [0.5, 0.6) is 0 Å². The molecule has 1 aromatic rings. The van der Waals surface area contributed by atoms with E-state index in [-0.39, 0.29) is 5.41 Å². The number of benzene rings is 1. The standard InChI is InChI=1S/C18H22/c1-3-5-11-16-12-7-8-13-17(16)18(4-2)14-9-6-10-15-18/h4,6-10,12-14H,2-3,5,11,15H2,1H3. The molecular weight excluding hydrogens is 216 g/mol. The maximum absolute atomic E-state index is 4.07. The molecule has 0 aliphatic heterocycles. The van der Waals surface area contributed by atoms with E-state index in [4.69, 9.17) is 0 Å². The first-order valence-corrected chi connectivity index (χ1v) is 6.89. The lowest BCUT2D eigenvalue weighted by Crippen LogP contribution is -2.22. The van der Waals surface area contributed by atoms with E-state index in [2.05, 4.69) is 68.1 Å². The molecule has 18 heavy (non-hydrogen) atoms. The lowest BCUT2D eigenvalue weighted by Gasteiger charge is -2.30. The van der Waals surface area contributed by atoms with Gasteiger partial charge >= 0.3 is 0 Å². The third kappa shape index (κ3) is 2.48. The van der Waals surface area contributed by atoms with Crippen molar-refractivity contribution in [2.24, 2.45) is 0 Å². The van der Waals surface area contributed by atoms with Crippen LogP contribution in [0.1, 0.15) is 37.3 Å². The van der Waals surface area contributed by atoms with Crippen molar-refractivity contribution in [3.8, 4) is 0 Å². The highest BCUT2D eigenvalue weighted by molar-refractivity contribution is 5.45. The van der Waals surface area contributed by atoms with Crippen molar-refractivity contribution in [3.05, 3.63) is 72.4 Å². The fourth-order valence-electron chi connectivity index (χ4n) is 2.66. The van der Waals surface area contributed by atoms with E-state index >= 15 is 0 Å². The Morgan fingerprint density at radius 3 is 2.78 bits per heavy atom. The average molecular weight is 238 g/mol. The van der Waals surface area contributed by atoms with Gasteiger partial charge < -0.3 is 0 Å². The minimum atomic E-state index is -0.000908. The molecule has 0 nitrogen and oxygen atoms in total. The number of unbranched alkanes of at least 4 members (excludes halogenated alkanes) is 1. The van der Waals surface area contributed by atoms with Crippen LogP contribution in [0.4, 0.5) is 0 Å². The summed E-state index contributed by atoms with van der Waals surface area (Å²) in [4.78, 5) is 0. The lowest BCUT2D eigenvalue weighted by molar-refractivity contribution is 0.659. The average Bonchev–Trinajstić information content (AvgIpc) is 2.46. The van der Waals surface area contributed by atoms with Crippen molar-refractivity contribution in [2.75, 3.05) is 0 Å². The molecule has 0 amide bonds. The monoisotopic (exact) mass is 238 g/mol. The highest BCUT2D eigenvalue weighted by atomic mass is 14.3. The first-order chi connectivity index (χ1) is 8.82. The molecule has 0 bridgehead atoms. The molecule has 0 heterocycles. The van der Waals surface area contributed by atoms with Crippen molar-refractivity contribution in [1.29, 1.82) is 0 Å². The normalized spacial score (nSPS) is 22.1. The van der Waals surface area contributed by atoms with Crippen LogP contribution in [0.25, 0.3) is 0 Å². The van der Waals surface area contributed by atoms with Gasteiger partial charge in [-0.1, -0.05) is 68.0 Å². The summed E-state index contributed by atoms with van der Waals surface area (Å²) in [6.07, 6.45) is 15.6. The number of hydrogen-bond donors (Lipinski definition) is 0. The van der Waals surface area contributed by atoms with Crippen molar-refractivity contribution < 1.29 is 0 Å². The van der Waals surface area contributed by atoms with Gasteiger partial charge in [-0.15, -0.1) is 6.58 Å². The summed E-state index contributed by atoms with van der Waals surface area (Å²) in [5, 5.41) is 0. The van der Waals surface area contributed by atoms with E-state index in [1.54, 1.807) is 0 Å². The van der Waals surface area contributed by atoms with E-state index < -0.39 is 0 Å². The van der Waals surface area contributed by atoms with Gasteiger partial charge in [-0.2, -0.15) is 0 Å². The summed E-state index contributed by atoms with van der Waals surface area (Å²) in [7, 11) is 0. The SMILES string of the molecule is C=CC1(c2ccccc2CCCC)C=CC=CC1. The lowest BCUT2D eigenvalue weighted by atomic mass is 9.73. The number of aryl methyl sites for hydroxylation is 1. The van der Waals surface area contributed by atoms with Crippen LogP contribution >= 0.6 is 0 Å². The second-order valence-electron chi connectivity index (χ2n) is 5.00. The van der Waals surface area contributed by atoms with Gasteiger partial charge in [0.15, 0.2) is 0 Å². The van der Waals surface area contributed by atoms with Crippen molar-refractivity contribution in [2.45, 2.75) is 38.0 Å². The van der Waals surface area contributed by atoms with Crippen LogP contribution in [0.2, 0.25) is 0 Å². The summed E-state index contributed by atoms with van der Waals surface area (Å²) in [6.45, 7) is 6.31. The zero-order valence-electron chi connectivity index (χ0n) is 11.2. The Morgan fingerprint density at radius 2 is 2.11 bits per heavy atom. The zero-order valence-corrected chi connectivity index (χ0v) is 11.2. The van der Waals surface area contributed by atoms with Gasteiger partial charge in [-0.3, -0.25) is 0 Å². The van der Waals surface area contributed by atoms with Gasteiger partial charge in [-0.25, -0.2) is 0 Å². The third-order valence-corrected chi connectivity index (χ3v) is 3.78. The Morgan fingerprint density at radius 1 is 1.28 bits per heavy atom. The second-order valence-corrected chi connectivity index (χ2v) is 5.00. The summed E-state index contributed by atoms with van der Waals surface area (Å²) in [5.41, 5.74) is 2.90. The molecule has 94 valence electrons. The zero-order chi connectivity index (χ0) is 12.8. The van der Waals surface area contributed by atoms with Crippen LogP contribution in [0, 0.1) is 0 Å². The van der Waals surface area contributed by atoms with Crippen molar-refractivity contribution in [3.63, 3.8) is 0 Å². The molecule has 0 radical (unpaired) electrons. The Hall–Kier alpha value is -1.56. The van der Waals surface area contributed by atoms with Crippen LogP contribution in [-0.2, 0) is 11.8 Å². The first kappa shape index (κ1) is 12.9. The molecule has 0 spiro atoms. The van der Waals surface area contributed by atoms with E-state index in [0.29, 0.717) is 0 Å².